The molecule has 0 aliphatic heterocycles. The molecule has 0 amide bonds. The molecule has 0 heterocycles. The van der Waals surface area contributed by atoms with Gasteiger partial charge < -0.3 is 4.74 Å². The standard InChI is InChI=1S/C17H14ClFO/c1-13-4-2-5-14(10-13)12-20-17-11-16(19)8-7-15(17)6-3-9-18/h2,4-5,7-8,10-11H,9,12H2,1H3. The molecule has 3 heteroatoms. The van der Waals surface area contributed by atoms with E-state index >= 15 is 0 Å². The minimum Gasteiger partial charge on any atom is -0.487 e. The zero-order valence-electron chi connectivity index (χ0n) is 11.1. The van der Waals surface area contributed by atoms with Crippen LogP contribution in [-0.4, -0.2) is 5.88 Å². The number of hydrogen-bond donors (Lipinski definition) is 0. The zero-order chi connectivity index (χ0) is 14.4. The monoisotopic (exact) mass is 288 g/mol. The summed E-state index contributed by atoms with van der Waals surface area (Å²) < 4.78 is 19.0. The number of rotatable bonds is 3. The van der Waals surface area contributed by atoms with Crippen molar-refractivity contribution in [3.8, 4) is 17.6 Å². The second-order valence-electron chi connectivity index (χ2n) is 4.35. The van der Waals surface area contributed by atoms with E-state index in [0.29, 0.717) is 17.9 Å². The highest BCUT2D eigenvalue weighted by molar-refractivity contribution is 6.19. The van der Waals surface area contributed by atoms with Gasteiger partial charge in [-0.3, -0.25) is 0 Å². The molecule has 1 nitrogen and oxygen atoms in total. The van der Waals surface area contributed by atoms with Crippen molar-refractivity contribution < 1.29 is 9.13 Å². The molecule has 0 aliphatic rings. The van der Waals surface area contributed by atoms with Crippen molar-refractivity contribution in [2.45, 2.75) is 13.5 Å². The molecule has 0 atom stereocenters. The Balaban J connectivity index is 2.17. The predicted octanol–water partition coefficient (Wildman–Crippen LogP) is 4.30. The summed E-state index contributed by atoms with van der Waals surface area (Å²) in [5.74, 6) is 5.93. The molecule has 0 bridgehead atoms. The Labute approximate surface area is 123 Å². The maximum atomic E-state index is 13.3. The lowest BCUT2D eigenvalue weighted by Gasteiger charge is -2.09. The van der Waals surface area contributed by atoms with E-state index < -0.39 is 0 Å². The summed E-state index contributed by atoms with van der Waals surface area (Å²) in [6.45, 7) is 2.39. The number of hydrogen-bond acceptors (Lipinski definition) is 1. The lowest BCUT2D eigenvalue weighted by atomic mass is 10.1. The maximum absolute atomic E-state index is 13.3. The van der Waals surface area contributed by atoms with E-state index in [4.69, 9.17) is 16.3 Å². The third-order valence-electron chi connectivity index (χ3n) is 2.71. The van der Waals surface area contributed by atoms with Crippen LogP contribution in [0.3, 0.4) is 0 Å². The van der Waals surface area contributed by atoms with Crippen LogP contribution in [0.5, 0.6) is 5.75 Å². The first kappa shape index (κ1) is 14.4. The van der Waals surface area contributed by atoms with Crippen molar-refractivity contribution in [2.75, 3.05) is 5.88 Å². The van der Waals surface area contributed by atoms with Gasteiger partial charge in [-0.25, -0.2) is 4.39 Å². The molecule has 0 fully saturated rings. The molecule has 2 rings (SSSR count). The average molecular weight is 289 g/mol. The zero-order valence-corrected chi connectivity index (χ0v) is 11.9. The molecule has 0 aromatic heterocycles. The summed E-state index contributed by atoms with van der Waals surface area (Å²) in [5, 5.41) is 0. The Hall–Kier alpha value is -1.98. The van der Waals surface area contributed by atoms with Crippen LogP contribution in [0.15, 0.2) is 42.5 Å². The molecule has 2 aromatic rings. The third kappa shape index (κ3) is 4.01. The fourth-order valence-corrected chi connectivity index (χ4v) is 1.88. The Morgan fingerprint density at radius 3 is 2.80 bits per heavy atom. The number of ether oxygens (including phenoxy) is 1. The smallest absolute Gasteiger partial charge is 0.138 e. The highest BCUT2D eigenvalue weighted by atomic mass is 35.5. The van der Waals surface area contributed by atoms with Crippen molar-refractivity contribution in [1.82, 2.24) is 0 Å². The van der Waals surface area contributed by atoms with E-state index in [0.717, 1.165) is 11.1 Å². The van der Waals surface area contributed by atoms with E-state index in [1.54, 1.807) is 6.07 Å². The van der Waals surface area contributed by atoms with Crippen LogP contribution in [0, 0.1) is 24.6 Å². The lowest BCUT2D eigenvalue weighted by molar-refractivity contribution is 0.303. The fraction of sp³-hybridized carbons (Fsp3) is 0.176. The lowest BCUT2D eigenvalue weighted by Crippen LogP contribution is -1.98. The van der Waals surface area contributed by atoms with Crippen LogP contribution in [0.2, 0.25) is 0 Å². The third-order valence-corrected chi connectivity index (χ3v) is 2.84. The minimum absolute atomic E-state index is 0.231. The molecule has 102 valence electrons. The SMILES string of the molecule is Cc1cccc(COc2cc(F)ccc2C#CCCl)c1. The van der Waals surface area contributed by atoms with Gasteiger partial charge in [-0.05, 0) is 24.6 Å². The number of halogens is 2. The molecule has 2 aromatic carbocycles. The van der Waals surface area contributed by atoms with Gasteiger partial charge in [-0.1, -0.05) is 41.7 Å². The van der Waals surface area contributed by atoms with E-state index in [9.17, 15) is 4.39 Å². The largest absolute Gasteiger partial charge is 0.487 e. The quantitative estimate of drug-likeness (QED) is 0.604. The Bertz CT molecular complexity index is 656. The summed E-state index contributed by atoms with van der Waals surface area (Å²) in [6.07, 6.45) is 0. The van der Waals surface area contributed by atoms with Crippen LogP contribution in [-0.2, 0) is 6.61 Å². The summed E-state index contributed by atoms with van der Waals surface area (Å²) in [5.41, 5.74) is 2.83. The van der Waals surface area contributed by atoms with Gasteiger partial charge in [0.2, 0.25) is 0 Å². The molecule has 0 saturated carbocycles. The van der Waals surface area contributed by atoms with Gasteiger partial charge in [0.25, 0.3) is 0 Å². The van der Waals surface area contributed by atoms with Gasteiger partial charge in [0.05, 0.1) is 11.4 Å². The molecule has 0 N–H and O–H groups in total. The summed E-state index contributed by atoms with van der Waals surface area (Å²) in [7, 11) is 0. The first-order chi connectivity index (χ1) is 9.69. The number of alkyl halides is 1. The topological polar surface area (TPSA) is 9.23 Å². The Kier molecular flexibility index (Phi) is 5.03. The summed E-state index contributed by atoms with van der Waals surface area (Å²) >= 11 is 5.54. The van der Waals surface area contributed by atoms with E-state index in [-0.39, 0.29) is 11.7 Å². The second-order valence-corrected chi connectivity index (χ2v) is 4.62. The highest BCUT2D eigenvalue weighted by Gasteiger charge is 2.04. The average Bonchev–Trinajstić information content (AvgIpc) is 2.44. The number of benzene rings is 2. The second kappa shape index (κ2) is 6.98. The molecule has 20 heavy (non-hydrogen) atoms. The van der Waals surface area contributed by atoms with Gasteiger partial charge in [0, 0.05) is 6.07 Å². The van der Waals surface area contributed by atoms with Crippen LogP contribution < -0.4 is 4.74 Å². The molecule has 0 aliphatic carbocycles. The molecular formula is C17H14ClFO. The normalized spacial score (nSPS) is 9.75. The first-order valence-corrected chi connectivity index (χ1v) is 6.75. The van der Waals surface area contributed by atoms with Crippen LogP contribution in [0.25, 0.3) is 0 Å². The van der Waals surface area contributed by atoms with Gasteiger partial charge in [-0.15, -0.1) is 11.6 Å². The van der Waals surface area contributed by atoms with E-state index in [1.807, 2.05) is 31.2 Å². The van der Waals surface area contributed by atoms with Gasteiger partial charge >= 0.3 is 0 Å². The Morgan fingerprint density at radius 1 is 1.20 bits per heavy atom. The maximum Gasteiger partial charge on any atom is 0.138 e. The van der Waals surface area contributed by atoms with Crippen LogP contribution in [0.1, 0.15) is 16.7 Å². The predicted molar refractivity (Wildman–Crippen MR) is 79.5 cm³/mol. The molecular weight excluding hydrogens is 275 g/mol. The van der Waals surface area contributed by atoms with E-state index in [1.165, 1.54) is 12.1 Å². The van der Waals surface area contributed by atoms with Gasteiger partial charge in [-0.2, -0.15) is 0 Å². The summed E-state index contributed by atoms with van der Waals surface area (Å²) in [4.78, 5) is 0. The molecule has 0 spiro atoms. The van der Waals surface area contributed by atoms with Crippen molar-refractivity contribution in [2.24, 2.45) is 0 Å². The van der Waals surface area contributed by atoms with Crippen molar-refractivity contribution in [1.29, 1.82) is 0 Å². The highest BCUT2D eigenvalue weighted by Crippen LogP contribution is 2.20. The van der Waals surface area contributed by atoms with Crippen molar-refractivity contribution in [3.63, 3.8) is 0 Å². The molecule has 0 saturated heterocycles. The Morgan fingerprint density at radius 2 is 2.05 bits per heavy atom. The van der Waals surface area contributed by atoms with E-state index in [2.05, 4.69) is 11.8 Å². The summed E-state index contributed by atoms with van der Waals surface area (Å²) in [6, 6.07) is 12.3. The van der Waals surface area contributed by atoms with Gasteiger partial charge in [0.15, 0.2) is 0 Å². The van der Waals surface area contributed by atoms with Crippen molar-refractivity contribution >= 4 is 11.6 Å². The van der Waals surface area contributed by atoms with Crippen molar-refractivity contribution in [3.05, 3.63) is 65.0 Å². The number of aryl methyl sites for hydroxylation is 1. The first-order valence-electron chi connectivity index (χ1n) is 6.22. The molecule has 0 unspecified atom stereocenters. The van der Waals surface area contributed by atoms with Gasteiger partial charge in [0.1, 0.15) is 18.2 Å². The van der Waals surface area contributed by atoms with Crippen LogP contribution >= 0.6 is 11.6 Å². The molecule has 0 radical (unpaired) electrons. The fourth-order valence-electron chi connectivity index (χ4n) is 1.81. The van der Waals surface area contributed by atoms with Crippen LogP contribution in [0.4, 0.5) is 4.39 Å². The minimum atomic E-state index is -0.347.